The van der Waals surface area contributed by atoms with Gasteiger partial charge in [0.25, 0.3) is 5.91 Å². The number of primary amides is 1. The molecule has 2 aromatic rings. The summed E-state index contributed by atoms with van der Waals surface area (Å²) in [4.78, 5) is 28.8. The highest BCUT2D eigenvalue weighted by Gasteiger charge is 2.34. The van der Waals surface area contributed by atoms with Gasteiger partial charge in [0.2, 0.25) is 5.91 Å². The van der Waals surface area contributed by atoms with Gasteiger partial charge in [0.05, 0.1) is 19.3 Å². The summed E-state index contributed by atoms with van der Waals surface area (Å²) in [5.41, 5.74) is 4.35. The highest BCUT2D eigenvalue weighted by Crippen LogP contribution is 2.28. The molecule has 2 amide bonds. The number of pyridine rings is 1. The summed E-state index contributed by atoms with van der Waals surface area (Å²) in [5, 5.41) is 0. The van der Waals surface area contributed by atoms with Crippen molar-refractivity contribution in [3.63, 3.8) is 0 Å². The lowest BCUT2D eigenvalue weighted by atomic mass is 10.1. The van der Waals surface area contributed by atoms with E-state index in [1.807, 2.05) is 0 Å². The minimum atomic E-state index is -4.56. The lowest BCUT2D eigenvalue weighted by Gasteiger charge is -2.35. The average molecular weight is 356 g/mol. The normalized spacial score (nSPS) is 18.5. The maximum Gasteiger partial charge on any atom is 0.434 e. The number of amides is 2. The van der Waals surface area contributed by atoms with Crippen LogP contribution in [0, 0.1) is 0 Å². The maximum atomic E-state index is 12.7. The third kappa shape index (κ3) is 3.58. The van der Waals surface area contributed by atoms with Gasteiger partial charge in [0.1, 0.15) is 5.65 Å². The molecule has 1 aliphatic rings. The third-order valence-corrected chi connectivity index (χ3v) is 3.92. The number of fused-ring (bicyclic) bond motifs is 1. The minimum Gasteiger partial charge on any atom is -0.377 e. The molecule has 1 saturated heterocycles. The first-order valence-electron chi connectivity index (χ1n) is 7.48. The summed E-state index contributed by atoms with van der Waals surface area (Å²) in [6, 6.07) is 2.20. The Kier molecular flexibility index (Phi) is 4.38. The van der Waals surface area contributed by atoms with E-state index in [9.17, 15) is 22.8 Å². The average Bonchev–Trinajstić information content (AvgIpc) is 2.97. The van der Waals surface area contributed by atoms with Crippen LogP contribution in [-0.4, -0.2) is 51.9 Å². The molecule has 25 heavy (non-hydrogen) atoms. The molecule has 1 fully saturated rings. The van der Waals surface area contributed by atoms with Crippen molar-refractivity contribution in [2.45, 2.75) is 18.6 Å². The second-order valence-electron chi connectivity index (χ2n) is 5.70. The molecular formula is C15H15F3N4O3. The number of nitrogens with two attached hydrogens (primary N) is 1. The number of nitrogens with zero attached hydrogens (tertiary/aromatic N) is 3. The predicted molar refractivity (Wildman–Crippen MR) is 79.6 cm³/mol. The highest BCUT2D eigenvalue weighted by atomic mass is 19.4. The largest absolute Gasteiger partial charge is 0.434 e. The van der Waals surface area contributed by atoms with Gasteiger partial charge in [-0.15, -0.1) is 0 Å². The zero-order valence-electron chi connectivity index (χ0n) is 13.0. The molecule has 1 unspecified atom stereocenters. The molecule has 1 aliphatic heterocycles. The van der Waals surface area contributed by atoms with Crippen LogP contribution in [0.4, 0.5) is 13.2 Å². The molecule has 3 rings (SSSR count). The first kappa shape index (κ1) is 17.2. The second-order valence-corrected chi connectivity index (χ2v) is 5.70. The van der Waals surface area contributed by atoms with Crippen LogP contribution in [0.15, 0.2) is 24.5 Å². The summed E-state index contributed by atoms with van der Waals surface area (Å²) in [6.45, 7) is 0.758. The quantitative estimate of drug-likeness (QED) is 0.891. The van der Waals surface area contributed by atoms with Crippen molar-refractivity contribution < 1.29 is 27.5 Å². The van der Waals surface area contributed by atoms with Crippen LogP contribution in [0.5, 0.6) is 0 Å². The Morgan fingerprint density at radius 1 is 1.40 bits per heavy atom. The van der Waals surface area contributed by atoms with Crippen molar-refractivity contribution in [3.05, 3.63) is 35.8 Å². The van der Waals surface area contributed by atoms with Gasteiger partial charge < -0.3 is 19.8 Å². The molecule has 3 heterocycles. The number of hydrogen-bond donors (Lipinski definition) is 1. The number of halogens is 3. The molecule has 2 N–H and O–H groups in total. The second kappa shape index (κ2) is 6.36. The molecular weight excluding hydrogens is 341 g/mol. The fraction of sp³-hybridized carbons (Fsp3) is 0.400. The molecule has 0 aliphatic carbocycles. The number of carbonyl (C=O) groups excluding carboxylic acids is 2. The van der Waals surface area contributed by atoms with Gasteiger partial charge in [0.15, 0.2) is 5.69 Å². The zero-order valence-corrected chi connectivity index (χ0v) is 13.0. The minimum absolute atomic E-state index is 0.0119. The van der Waals surface area contributed by atoms with Gasteiger partial charge in [-0.25, -0.2) is 4.98 Å². The number of imidazole rings is 1. The van der Waals surface area contributed by atoms with Crippen molar-refractivity contribution >= 4 is 17.5 Å². The number of aromatic nitrogens is 2. The topological polar surface area (TPSA) is 89.9 Å². The lowest BCUT2D eigenvalue weighted by Crippen LogP contribution is -2.50. The van der Waals surface area contributed by atoms with Crippen molar-refractivity contribution in [3.8, 4) is 0 Å². The van der Waals surface area contributed by atoms with Gasteiger partial charge >= 0.3 is 6.18 Å². The Morgan fingerprint density at radius 2 is 2.16 bits per heavy atom. The Bertz CT molecular complexity index is 818. The van der Waals surface area contributed by atoms with Crippen LogP contribution in [0.2, 0.25) is 0 Å². The van der Waals surface area contributed by atoms with Crippen LogP contribution in [-0.2, 0) is 15.7 Å². The van der Waals surface area contributed by atoms with Crippen LogP contribution in [0.3, 0.4) is 0 Å². The van der Waals surface area contributed by atoms with E-state index in [1.165, 1.54) is 27.6 Å². The van der Waals surface area contributed by atoms with Crippen molar-refractivity contribution in [1.29, 1.82) is 0 Å². The van der Waals surface area contributed by atoms with Crippen LogP contribution in [0.1, 0.15) is 22.5 Å². The van der Waals surface area contributed by atoms with Gasteiger partial charge in [-0.1, -0.05) is 0 Å². The SMILES string of the molecule is NC(=O)CC1COCCN1C(=O)c1ccn2cc(C(F)(F)F)nc2c1. The fourth-order valence-electron chi connectivity index (χ4n) is 2.74. The number of rotatable bonds is 3. The summed E-state index contributed by atoms with van der Waals surface area (Å²) in [7, 11) is 0. The van der Waals surface area contributed by atoms with E-state index in [0.29, 0.717) is 6.61 Å². The van der Waals surface area contributed by atoms with Gasteiger partial charge in [0, 0.05) is 30.9 Å². The number of morpholine rings is 1. The van der Waals surface area contributed by atoms with E-state index in [0.717, 1.165) is 6.20 Å². The van der Waals surface area contributed by atoms with Crippen molar-refractivity contribution in [1.82, 2.24) is 14.3 Å². The number of hydrogen-bond acceptors (Lipinski definition) is 4. The van der Waals surface area contributed by atoms with Crippen molar-refractivity contribution in [2.75, 3.05) is 19.8 Å². The number of alkyl halides is 3. The van der Waals surface area contributed by atoms with Gasteiger partial charge in [-0.3, -0.25) is 9.59 Å². The van der Waals surface area contributed by atoms with Gasteiger partial charge in [-0.05, 0) is 12.1 Å². The van der Waals surface area contributed by atoms with Crippen LogP contribution >= 0.6 is 0 Å². The summed E-state index contributed by atoms with van der Waals surface area (Å²) in [6.07, 6.45) is -2.41. The Hall–Kier alpha value is -2.62. The lowest BCUT2D eigenvalue weighted by molar-refractivity contribution is -0.140. The first-order chi connectivity index (χ1) is 11.8. The van der Waals surface area contributed by atoms with Gasteiger partial charge in [-0.2, -0.15) is 13.2 Å². The summed E-state index contributed by atoms with van der Waals surface area (Å²) in [5.74, 6) is -0.972. The molecule has 0 radical (unpaired) electrons. The number of carbonyl (C=O) groups is 2. The summed E-state index contributed by atoms with van der Waals surface area (Å²) >= 11 is 0. The smallest absolute Gasteiger partial charge is 0.377 e. The predicted octanol–water partition coefficient (Wildman–Crippen LogP) is 1.07. The molecule has 1 atom stereocenters. The van der Waals surface area contributed by atoms with Crippen LogP contribution in [0.25, 0.3) is 5.65 Å². The van der Waals surface area contributed by atoms with E-state index in [1.54, 1.807) is 0 Å². The zero-order chi connectivity index (χ0) is 18.2. The van der Waals surface area contributed by atoms with Crippen molar-refractivity contribution in [2.24, 2.45) is 5.73 Å². The summed E-state index contributed by atoms with van der Waals surface area (Å²) < 4.78 is 44.7. The Balaban J connectivity index is 1.89. The monoisotopic (exact) mass is 356 g/mol. The molecule has 10 heteroatoms. The maximum absolute atomic E-state index is 12.7. The molecule has 0 bridgehead atoms. The molecule has 0 spiro atoms. The van der Waals surface area contributed by atoms with E-state index in [4.69, 9.17) is 10.5 Å². The van der Waals surface area contributed by atoms with E-state index in [-0.39, 0.29) is 30.8 Å². The molecule has 0 saturated carbocycles. The van der Waals surface area contributed by atoms with E-state index >= 15 is 0 Å². The standard InChI is InChI=1S/C15H15F3N4O3/c16-15(17,18)11-7-21-2-1-9(5-13(21)20-11)14(24)22-3-4-25-8-10(22)6-12(19)23/h1-2,5,7,10H,3-4,6,8H2,(H2,19,23). The highest BCUT2D eigenvalue weighted by molar-refractivity contribution is 5.95. The molecule has 0 aromatic carbocycles. The van der Waals surface area contributed by atoms with E-state index < -0.39 is 29.7 Å². The molecule has 2 aromatic heterocycles. The molecule has 134 valence electrons. The fourth-order valence-corrected chi connectivity index (χ4v) is 2.74. The Morgan fingerprint density at radius 3 is 2.84 bits per heavy atom. The number of ether oxygens (including phenoxy) is 1. The molecule has 7 nitrogen and oxygen atoms in total. The third-order valence-electron chi connectivity index (χ3n) is 3.92. The Labute approximate surface area is 140 Å². The van der Waals surface area contributed by atoms with E-state index in [2.05, 4.69) is 4.98 Å². The van der Waals surface area contributed by atoms with Crippen LogP contribution < -0.4 is 5.73 Å². The first-order valence-corrected chi connectivity index (χ1v) is 7.48.